The van der Waals surface area contributed by atoms with Gasteiger partial charge in [0.25, 0.3) is 17.5 Å². The SMILES string of the molecule is Cc1ccnc2nc(C(=O)OCC(=O)Nc3ccc(Cl)cc3)nn12. The molecule has 0 radical (unpaired) electrons. The number of ether oxygens (including phenoxy) is 1. The average molecular weight is 346 g/mol. The molecule has 122 valence electrons. The number of carbonyl (C=O) groups is 2. The van der Waals surface area contributed by atoms with Gasteiger partial charge in [-0.15, -0.1) is 5.10 Å². The number of fused-ring (bicyclic) bond motifs is 1. The van der Waals surface area contributed by atoms with E-state index in [-0.39, 0.29) is 11.6 Å². The second-order valence-electron chi connectivity index (χ2n) is 4.86. The third-order valence-corrected chi connectivity index (χ3v) is 3.33. The summed E-state index contributed by atoms with van der Waals surface area (Å²) in [7, 11) is 0. The van der Waals surface area contributed by atoms with E-state index in [1.54, 1.807) is 43.5 Å². The summed E-state index contributed by atoms with van der Waals surface area (Å²) in [5.41, 5.74) is 1.32. The van der Waals surface area contributed by atoms with Crippen molar-refractivity contribution in [1.29, 1.82) is 0 Å². The Labute approximate surface area is 141 Å². The fourth-order valence-electron chi connectivity index (χ4n) is 1.92. The van der Waals surface area contributed by atoms with Crippen LogP contribution in [-0.2, 0) is 9.53 Å². The van der Waals surface area contributed by atoms with Crippen molar-refractivity contribution in [1.82, 2.24) is 19.6 Å². The Morgan fingerprint density at radius 2 is 2.00 bits per heavy atom. The van der Waals surface area contributed by atoms with E-state index in [2.05, 4.69) is 20.4 Å². The lowest BCUT2D eigenvalue weighted by atomic mass is 10.3. The van der Waals surface area contributed by atoms with Crippen molar-refractivity contribution in [3.8, 4) is 0 Å². The van der Waals surface area contributed by atoms with E-state index in [0.29, 0.717) is 10.7 Å². The van der Waals surface area contributed by atoms with Crippen molar-refractivity contribution in [3.63, 3.8) is 0 Å². The van der Waals surface area contributed by atoms with Crippen LogP contribution in [0.15, 0.2) is 36.5 Å². The second kappa shape index (κ2) is 6.63. The van der Waals surface area contributed by atoms with Crippen LogP contribution in [-0.4, -0.2) is 38.1 Å². The zero-order chi connectivity index (χ0) is 17.1. The van der Waals surface area contributed by atoms with Crippen molar-refractivity contribution in [3.05, 3.63) is 53.1 Å². The Hall–Kier alpha value is -3.00. The number of aromatic nitrogens is 4. The van der Waals surface area contributed by atoms with E-state index in [1.165, 1.54) is 4.52 Å². The number of amides is 1. The summed E-state index contributed by atoms with van der Waals surface area (Å²) >= 11 is 5.76. The van der Waals surface area contributed by atoms with Gasteiger partial charge in [-0.05, 0) is 37.3 Å². The van der Waals surface area contributed by atoms with Crippen molar-refractivity contribution in [2.24, 2.45) is 0 Å². The first-order valence-corrected chi connectivity index (χ1v) is 7.31. The van der Waals surface area contributed by atoms with Crippen LogP contribution in [0, 0.1) is 6.92 Å². The van der Waals surface area contributed by atoms with E-state index in [9.17, 15) is 9.59 Å². The molecule has 0 fully saturated rings. The molecule has 1 aromatic carbocycles. The molecule has 0 unspecified atom stereocenters. The summed E-state index contributed by atoms with van der Waals surface area (Å²) in [6, 6.07) is 8.29. The second-order valence-corrected chi connectivity index (χ2v) is 5.30. The van der Waals surface area contributed by atoms with Gasteiger partial charge in [0.2, 0.25) is 0 Å². The van der Waals surface area contributed by atoms with E-state index >= 15 is 0 Å². The van der Waals surface area contributed by atoms with Crippen molar-refractivity contribution < 1.29 is 14.3 Å². The van der Waals surface area contributed by atoms with Gasteiger partial charge in [0.1, 0.15) is 0 Å². The minimum atomic E-state index is -0.800. The van der Waals surface area contributed by atoms with Gasteiger partial charge in [-0.1, -0.05) is 11.6 Å². The van der Waals surface area contributed by atoms with Crippen LogP contribution in [0.5, 0.6) is 0 Å². The number of carbonyl (C=O) groups excluding carboxylic acids is 2. The van der Waals surface area contributed by atoms with E-state index in [0.717, 1.165) is 5.69 Å². The van der Waals surface area contributed by atoms with E-state index < -0.39 is 18.5 Å². The first kappa shape index (κ1) is 15.9. The maximum atomic E-state index is 11.9. The van der Waals surface area contributed by atoms with Gasteiger partial charge in [0.15, 0.2) is 6.61 Å². The molecule has 1 amide bonds. The highest BCUT2D eigenvalue weighted by molar-refractivity contribution is 6.30. The third kappa shape index (κ3) is 3.49. The van der Waals surface area contributed by atoms with E-state index in [4.69, 9.17) is 16.3 Å². The number of rotatable bonds is 4. The molecule has 3 aromatic rings. The number of nitrogens with one attached hydrogen (secondary N) is 1. The smallest absolute Gasteiger partial charge is 0.378 e. The molecule has 1 N–H and O–H groups in total. The molecule has 2 aromatic heterocycles. The maximum absolute atomic E-state index is 11.9. The molecule has 3 rings (SSSR count). The molecular weight excluding hydrogens is 334 g/mol. The Morgan fingerprint density at radius 1 is 1.25 bits per heavy atom. The highest BCUT2D eigenvalue weighted by Crippen LogP contribution is 2.13. The number of hydrogen-bond donors (Lipinski definition) is 1. The van der Waals surface area contributed by atoms with E-state index in [1.807, 2.05) is 0 Å². The van der Waals surface area contributed by atoms with Gasteiger partial charge >= 0.3 is 5.97 Å². The number of benzene rings is 1. The highest BCUT2D eigenvalue weighted by Gasteiger charge is 2.17. The van der Waals surface area contributed by atoms with Crippen LogP contribution in [0.2, 0.25) is 5.02 Å². The Morgan fingerprint density at radius 3 is 2.71 bits per heavy atom. The van der Waals surface area contributed by atoms with Gasteiger partial charge in [-0.3, -0.25) is 4.79 Å². The molecule has 8 nitrogen and oxygen atoms in total. The number of halogens is 1. The Bertz CT molecular complexity index is 907. The van der Waals surface area contributed by atoms with Crippen molar-refractivity contribution in [2.75, 3.05) is 11.9 Å². The zero-order valence-corrected chi connectivity index (χ0v) is 13.3. The average Bonchev–Trinajstić information content (AvgIpc) is 3.00. The lowest BCUT2D eigenvalue weighted by molar-refractivity contribution is -0.119. The molecule has 0 aliphatic heterocycles. The predicted octanol–water partition coefficient (Wildman–Crippen LogP) is 1.88. The highest BCUT2D eigenvalue weighted by atomic mass is 35.5. The molecule has 0 saturated heterocycles. The number of aryl methyl sites for hydroxylation is 1. The lowest BCUT2D eigenvalue weighted by Crippen LogP contribution is -2.21. The summed E-state index contributed by atoms with van der Waals surface area (Å²) in [6.45, 7) is 1.35. The summed E-state index contributed by atoms with van der Waals surface area (Å²) < 4.78 is 6.33. The van der Waals surface area contributed by atoms with Crippen LogP contribution >= 0.6 is 11.6 Å². The van der Waals surface area contributed by atoms with Crippen LogP contribution < -0.4 is 5.32 Å². The first-order chi connectivity index (χ1) is 11.5. The van der Waals surface area contributed by atoms with Crippen LogP contribution in [0.3, 0.4) is 0 Å². The summed E-state index contributed by atoms with van der Waals surface area (Å²) in [5, 5.41) is 7.14. The molecule has 0 spiro atoms. The minimum Gasteiger partial charge on any atom is -0.450 e. The van der Waals surface area contributed by atoms with Gasteiger partial charge in [-0.2, -0.15) is 4.98 Å². The fourth-order valence-corrected chi connectivity index (χ4v) is 2.04. The number of esters is 1. The van der Waals surface area contributed by atoms with Crippen molar-refractivity contribution >= 4 is 34.9 Å². The third-order valence-electron chi connectivity index (χ3n) is 3.07. The summed E-state index contributed by atoms with van der Waals surface area (Å²) in [5.74, 6) is -1.15. The monoisotopic (exact) mass is 345 g/mol. The fraction of sp³-hybridized carbons (Fsp3) is 0.133. The number of hydrogen-bond acceptors (Lipinski definition) is 6. The minimum absolute atomic E-state index is 0.156. The number of anilines is 1. The standard InChI is InChI=1S/C15H12ClN5O3/c1-9-6-7-17-15-19-13(20-21(9)15)14(23)24-8-12(22)18-11-4-2-10(16)3-5-11/h2-7H,8H2,1H3,(H,18,22). The van der Waals surface area contributed by atoms with Gasteiger partial charge in [0.05, 0.1) is 0 Å². The van der Waals surface area contributed by atoms with Gasteiger partial charge in [0, 0.05) is 22.6 Å². The van der Waals surface area contributed by atoms with Gasteiger partial charge < -0.3 is 10.1 Å². The molecule has 0 aliphatic carbocycles. The zero-order valence-electron chi connectivity index (χ0n) is 12.6. The van der Waals surface area contributed by atoms with Crippen LogP contribution in [0.4, 0.5) is 5.69 Å². The van der Waals surface area contributed by atoms with Crippen molar-refractivity contribution in [2.45, 2.75) is 6.92 Å². The quantitative estimate of drug-likeness (QED) is 0.725. The number of nitrogens with zero attached hydrogens (tertiary/aromatic N) is 4. The summed E-state index contributed by atoms with van der Waals surface area (Å²) in [4.78, 5) is 31.7. The predicted molar refractivity (Wildman–Crippen MR) is 85.9 cm³/mol. The molecule has 0 saturated carbocycles. The van der Waals surface area contributed by atoms with Crippen LogP contribution in [0.25, 0.3) is 5.78 Å². The largest absolute Gasteiger partial charge is 0.450 e. The van der Waals surface area contributed by atoms with Gasteiger partial charge in [-0.25, -0.2) is 14.3 Å². The molecular formula is C15H12ClN5O3. The molecule has 0 atom stereocenters. The Kier molecular flexibility index (Phi) is 4.39. The first-order valence-electron chi connectivity index (χ1n) is 6.94. The Balaban J connectivity index is 1.60. The summed E-state index contributed by atoms with van der Waals surface area (Å²) in [6.07, 6.45) is 1.56. The molecule has 9 heteroatoms. The topological polar surface area (TPSA) is 98.5 Å². The normalized spacial score (nSPS) is 10.6. The van der Waals surface area contributed by atoms with Crippen LogP contribution in [0.1, 0.15) is 16.3 Å². The molecule has 2 heterocycles. The maximum Gasteiger partial charge on any atom is 0.378 e. The molecule has 0 bridgehead atoms. The molecule has 24 heavy (non-hydrogen) atoms. The molecule has 0 aliphatic rings. The lowest BCUT2D eigenvalue weighted by Gasteiger charge is -2.05.